The van der Waals surface area contributed by atoms with Crippen LogP contribution in [0.25, 0.3) is 11.1 Å². The van der Waals surface area contributed by atoms with Gasteiger partial charge in [0.2, 0.25) is 8.87 Å². The topological polar surface area (TPSA) is 91.3 Å². The lowest BCUT2D eigenvalue weighted by Crippen LogP contribution is -2.20. The highest BCUT2D eigenvalue weighted by atomic mass is 33.2. The fraction of sp³-hybridized carbons (Fsp3) is 0.235. The second kappa shape index (κ2) is 6.96. The Morgan fingerprint density at radius 2 is 1.62 bits per heavy atom. The van der Waals surface area contributed by atoms with E-state index in [9.17, 15) is 22.0 Å². The molecule has 24 heavy (non-hydrogen) atoms. The SMILES string of the molecule is Cc1cc(C)c(-c2ccccc2C(=O)CS(=O)(=O)S(=O)[O-])c(C)c1. The average molecular weight is 365 g/mol. The van der Waals surface area contributed by atoms with Crippen LogP contribution in [-0.4, -0.2) is 28.7 Å². The van der Waals surface area contributed by atoms with Crippen molar-refractivity contribution in [2.24, 2.45) is 0 Å². The van der Waals surface area contributed by atoms with E-state index in [0.29, 0.717) is 5.56 Å². The van der Waals surface area contributed by atoms with Gasteiger partial charge in [0.1, 0.15) is 5.75 Å². The Bertz CT molecular complexity index is 907. The fourth-order valence-electron chi connectivity index (χ4n) is 2.84. The molecular formula is C17H17O5S2-. The highest BCUT2D eigenvalue weighted by Crippen LogP contribution is 2.31. The van der Waals surface area contributed by atoms with E-state index in [0.717, 1.165) is 22.3 Å². The van der Waals surface area contributed by atoms with E-state index >= 15 is 0 Å². The molecule has 0 fully saturated rings. The number of Topliss-reactive ketones (excluding diaryl/α,β-unsaturated/α-hetero) is 1. The van der Waals surface area contributed by atoms with Gasteiger partial charge in [0.25, 0.3) is 0 Å². The van der Waals surface area contributed by atoms with Crippen LogP contribution in [0.4, 0.5) is 0 Å². The molecule has 0 spiro atoms. The third kappa shape index (κ3) is 3.80. The first-order valence-corrected chi connectivity index (χ1v) is 10.4. The molecule has 128 valence electrons. The fourth-order valence-corrected chi connectivity index (χ4v) is 4.02. The number of carbonyl (C=O) groups excluding carboxylic acids is 1. The second-order valence-corrected chi connectivity index (χ2v) is 9.80. The molecule has 0 saturated heterocycles. The molecule has 1 atom stereocenters. The lowest BCUT2D eigenvalue weighted by Gasteiger charge is -2.15. The highest BCUT2D eigenvalue weighted by Gasteiger charge is 2.22. The molecule has 0 bridgehead atoms. The molecule has 0 aliphatic heterocycles. The molecule has 0 heterocycles. The molecule has 1 unspecified atom stereocenters. The van der Waals surface area contributed by atoms with E-state index in [1.807, 2.05) is 32.9 Å². The number of hydrogen-bond donors (Lipinski definition) is 0. The van der Waals surface area contributed by atoms with Crippen molar-refractivity contribution in [3.63, 3.8) is 0 Å². The molecule has 2 rings (SSSR count). The van der Waals surface area contributed by atoms with Crippen molar-refractivity contribution in [2.75, 3.05) is 5.75 Å². The number of benzene rings is 2. The molecule has 2 aromatic rings. The van der Waals surface area contributed by atoms with Crippen LogP contribution in [-0.2, 0) is 19.0 Å². The van der Waals surface area contributed by atoms with Crippen molar-refractivity contribution in [1.82, 2.24) is 0 Å². The molecular weight excluding hydrogens is 348 g/mol. The molecule has 0 aromatic heterocycles. The standard InChI is InChI=1S/C17H18O5S2/c1-11-8-12(2)17(13(3)9-11)15-7-5-4-6-14(15)16(18)10-24(21,22)23(19)20/h4-9H,10H2,1-3H3,(H,19,20)/p-1. The van der Waals surface area contributed by atoms with E-state index < -0.39 is 30.5 Å². The number of carbonyl (C=O) groups is 1. The van der Waals surface area contributed by atoms with Crippen LogP contribution in [0.15, 0.2) is 36.4 Å². The van der Waals surface area contributed by atoms with Gasteiger partial charge >= 0.3 is 0 Å². The third-order valence-electron chi connectivity index (χ3n) is 3.69. The first-order valence-electron chi connectivity index (χ1n) is 7.16. The molecule has 0 radical (unpaired) electrons. The normalized spacial score (nSPS) is 12.8. The molecule has 0 amide bonds. The van der Waals surface area contributed by atoms with Gasteiger partial charge in [-0.1, -0.05) is 42.0 Å². The molecule has 0 aliphatic carbocycles. The first kappa shape index (κ1) is 18.5. The highest BCUT2D eigenvalue weighted by molar-refractivity contribution is 8.62. The summed E-state index contributed by atoms with van der Waals surface area (Å²) in [5, 5.41) is 0. The Hall–Kier alpha value is -1.83. The number of hydrogen-bond acceptors (Lipinski definition) is 5. The smallest absolute Gasteiger partial charge is 0.224 e. The van der Waals surface area contributed by atoms with Crippen LogP contribution in [0.3, 0.4) is 0 Å². The summed E-state index contributed by atoms with van der Waals surface area (Å²) in [6, 6.07) is 10.6. The van der Waals surface area contributed by atoms with Crippen LogP contribution in [0, 0.1) is 20.8 Å². The Kier molecular flexibility index (Phi) is 5.37. The Balaban J connectivity index is 2.57. The molecule has 0 aliphatic rings. The molecule has 5 nitrogen and oxygen atoms in total. The van der Waals surface area contributed by atoms with Gasteiger partial charge in [0, 0.05) is 5.56 Å². The average Bonchev–Trinajstić information content (AvgIpc) is 2.46. The van der Waals surface area contributed by atoms with Crippen molar-refractivity contribution in [2.45, 2.75) is 20.8 Å². The monoisotopic (exact) mass is 365 g/mol. The quantitative estimate of drug-likeness (QED) is 0.461. The lowest BCUT2D eigenvalue weighted by atomic mass is 9.90. The zero-order valence-corrected chi connectivity index (χ0v) is 15.2. The zero-order valence-electron chi connectivity index (χ0n) is 13.5. The van der Waals surface area contributed by atoms with Crippen LogP contribution < -0.4 is 0 Å². The van der Waals surface area contributed by atoms with Gasteiger partial charge in [-0.05, 0) is 43.0 Å². The van der Waals surface area contributed by atoms with Crippen LogP contribution in [0.5, 0.6) is 0 Å². The van der Waals surface area contributed by atoms with Gasteiger partial charge in [-0.15, -0.1) is 0 Å². The second-order valence-electron chi connectivity index (χ2n) is 5.65. The van der Waals surface area contributed by atoms with Crippen LogP contribution >= 0.6 is 0 Å². The maximum absolute atomic E-state index is 12.4. The summed E-state index contributed by atoms with van der Waals surface area (Å²) in [6.07, 6.45) is 0. The minimum Gasteiger partial charge on any atom is -0.760 e. The van der Waals surface area contributed by atoms with Gasteiger partial charge in [0.15, 0.2) is 5.78 Å². The summed E-state index contributed by atoms with van der Waals surface area (Å²) < 4.78 is 44.5. The Morgan fingerprint density at radius 3 is 2.17 bits per heavy atom. The molecule has 0 N–H and O–H groups in total. The van der Waals surface area contributed by atoms with Gasteiger partial charge in [-0.25, -0.2) is 8.42 Å². The predicted molar refractivity (Wildman–Crippen MR) is 93.1 cm³/mol. The van der Waals surface area contributed by atoms with E-state index in [4.69, 9.17) is 0 Å². The molecule has 7 heteroatoms. The maximum Gasteiger partial charge on any atom is 0.224 e. The van der Waals surface area contributed by atoms with E-state index in [-0.39, 0.29) is 5.56 Å². The third-order valence-corrected chi connectivity index (χ3v) is 6.32. The molecule has 2 aromatic carbocycles. The van der Waals surface area contributed by atoms with Crippen molar-refractivity contribution in [3.8, 4) is 11.1 Å². The van der Waals surface area contributed by atoms with Gasteiger partial charge < -0.3 is 4.55 Å². The van der Waals surface area contributed by atoms with Gasteiger partial charge in [0.05, 0.1) is 10.1 Å². The lowest BCUT2D eigenvalue weighted by molar-refractivity contribution is 0.102. The van der Waals surface area contributed by atoms with E-state index in [1.54, 1.807) is 18.2 Å². The summed E-state index contributed by atoms with van der Waals surface area (Å²) >= 11 is 0. The van der Waals surface area contributed by atoms with Gasteiger partial charge in [-0.3, -0.25) is 9.00 Å². The first-order chi connectivity index (χ1) is 11.1. The summed E-state index contributed by atoms with van der Waals surface area (Å²) in [6.45, 7) is 5.80. The van der Waals surface area contributed by atoms with Crippen LogP contribution in [0.2, 0.25) is 0 Å². The maximum atomic E-state index is 12.4. The largest absolute Gasteiger partial charge is 0.760 e. The molecule has 0 saturated carbocycles. The van der Waals surface area contributed by atoms with Crippen LogP contribution in [0.1, 0.15) is 27.0 Å². The van der Waals surface area contributed by atoms with E-state index in [2.05, 4.69) is 0 Å². The summed E-state index contributed by atoms with van der Waals surface area (Å²) in [5.74, 6) is -1.81. The number of ketones is 1. The Labute approximate surface area is 143 Å². The summed E-state index contributed by atoms with van der Waals surface area (Å²) in [4.78, 5) is 12.4. The van der Waals surface area contributed by atoms with E-state index in [1.165, 1.54) is 6.07 Å². The minimum absolute atomic E-state index is 0.196. The minimum atomic E-state index is -4.50. The number of aryl methyl sites for hydroxylation is 3. The van der Waals surface area contributed by atoms with Gasteiger partial charge in [-0.2, -0.15) is 0 Å². The van der Waals surface area contributed by atoms with Crippen molar-refractivity contribution >= 4 is 24.8 Å². The van der Waals surface area contributed by atoms with Crippen molar-refractivity contribution in [3.05, 3.63) is 58.7 Å². The van der Waals surface area contributed by atoms with Crippen molar-refractivity contribution < 1.29 is 22.0 Å². The van der Waals surface area contributed by atoms with Crippen molar-refractivity contribution in [1.29, 1.82) is 0 Å². The zero-order chi connectivity index (χ0) is 18.1. The Morgan fingerprint density at radius 1 is 1.08 bits per heavy atom. The predicted octanol–water partition coefficient (Wildman–Crippen LogP) is 2.67. The summed E-state index contributed by atoms with van der Waals surface area (Å²) in [5.41, 5.74) is 4.66. The summed E-state index contributed by atoms with van der Waals surface area (Å²) in [7, 11) is -7.84. The number of rotatable bonds is 5.